The van der Waals surface area contributed by atoms with Crippen molar-refractivity contribution in [1.82, 2.24) is 9.55 Å². The summed E-state index contributed by atoms with van der Waals surface area (Å²) >= 11 is 3.00. The number of hydrogen-bond donors (Lipinski definition) is 0. The van der Waals surface area contributed by atoms with Crippen LogP contribution < -0.4 is 5.56 Å². The first kappa shape index (κ1) is 17.6. The van der Waals surface area contributed by atoms with Gasteiger partial charge in [0.25, 0.3) is 5.56 Å². The van der Waals surface area contributed by atoms with E-state index < -0.39 is 0 Å². The van der Waals surface area contributed by atoms with Crippen LogP contribution in [-0.2, 0) is 5.75 Å². The number of nitrogens with zero attached hydrogens (tertiary/aromatic N) is 2. The second-order valence-corrected chi connectivity index (χ2v) is 8.74. The van der Waals surface area contributed by atoms with E-state index in [1.165, 1.54) is 23.9 Å². The lowest BCUT2D eigenvalue weighted by Gasteiger charge is -2.12. The van der Waals surface area contributed by atoms with Crippen molar-refractivity contribution in [2.24, 2.45) is 0 Å². The van der Waals surface area contributed by atoms with E-state index in [0.717, 1.165) is 39.9 Å². The Morgan fingerprint density at radius 1 is 1.14 bits per heavy atom. The van der Waals surface area contributed by atoms with Crippen LogP contribution >= 0.6 is 23.1 Å². The molecule has 4 aromatic rings. The third-order valence-corrected chi connectivity index (χ3v) is 6.79. The molecular formula is C22H17FN2OS2. The van der Waals surface area contributed by atoms with Gasteiger partial charge in [-0.25, -0.2) is 9.37 Å². The topological polar surface area (TPSA) is 34.9 Å². The van der Waals surface area contributed by atoms with E-state index >= 15 is 0 Å². The Morgan fingerprint density at radius 3 is 2.71 bits per heavy atom. The van der Waals surface area contributed by atoms with Crippen molar-refractivity contribution >= 4 is 33.3 Å². The maximum atomic E-state index is 13.5. The second-order valence-electron chi connectivity index (χ2n) is 6.93. The lowest BCUT2D eigenvalue weighted by atomic mass is 10.1. The first-order chi connectivity index (χ1) is 13.7. The first-order valence-electron chi connectivity index (χ1n) is 9.17. The molecule has 1 aliphatic rings. The predicted octanol–water partition coefficient (Wildman–Crippen LogP) is 5.76. The third-order valence-electron chi connectivity index (χ3n) is 4.89. The smallest absolute Gasteiger partial charge is 0.267 e. The summed E-state index contributed by atoms with van der Waals surface area (Å²) in [6, 6.07) is 16.2. The molecule has 0 spiro atoms. The Kier molecular flexibility index (Phi) is 4.53. The Bertz CT molecular complexity index is 1210. The van der Waals surface area contributed by atoms with Crippen LogP contribution in [0.5, 0.6) is 0 Å². The number of halogens is 1. The monoisotopic (exact) mass is 408 g/mol. The molecular weight excluding hydrogens is 391 g/mol. The molecule has 2 aromatic carbocycles. The van der Waals surface area contributed by atoms with Gasteiger partial charge in [-0.3, -0.25) is 9.36 Å². The fourth-order valence-electron chi connectivity index (χ4n) is 3.36. The standard InChI is InChI=1S/C22H17FN2OS2/c23-16-6-4-5-14(11-16)12-28-22-24-20-19(18(13-27-20)15-9-10-15)21(26)25(22)17-7-2-1-3-8-17/h1-8,11,13,15H,9-10,12H2. The van der Waals surface area contributed by atoms with Gasteiger partial charge in [-0.05, 0) is 59.5 Å². The van der Waals surface area contributed by atoms with Gasteiger partial charge < -0.3 is 0 Å². The van der Waals surface area contributed by atoms with Crippen molar-refractivity contribution in [3.8, 4) is 5.69 Å². The summed E-state index contributed by atoms with van der Waals surface area (Å²) in [7, 11) is 0. The van der Waals surface area contributed by atoms with Gasteiger partial charge in [-0.15, -0.1) is 11.3 Å². The molecule has 0 unspecified atom stereocenters. The van der Waals surface area contributed by atoms with Crippen LogP contribution in [0, 0.1) is 5.82 Å². The van der Waals surface area contributed by atoms with Crippen LogP contribution in [0.2, 0.25) is 0 Å². The molecule has 0 amide bonds. The number of rotatable bonds is 5. The number of benzene rings is 2. The minimum atomic E-state index is -0.255. The minimum absolute atomic E-state index is 0.0129. The van der Waals surface area contributed by atoms with Crippen molar-refractivity contribution in [3.05, 3.63) is 87.3 Å². The van der Waals surface area contributed by atoms with Gasteiger partial charge in [-0.1, -0.05) is 42.1 Å². The van der Waals surface area contributed by atoms with E-state index in [1.807, 2.05) is 36.4 Å². The van der Waals surface area contributed by atoms with Crippen molar-refractivity contribution in [2.45, 2.75) is 29.7 Å². The van der Waals surface area contributed by atoms with Crippen LogP contribution in [0.4, 0.5) is 4.39 Å². The van der Waals surface area contributed by atoms with E-state index in [2.05, 4.69) is 5.38 Å². The van der Waals surface area contributed by atoms with Crippen molar-refractivity contribution in [2.75, 3.05) is 0 Å². The number of thioether (sulfide) groups is 1. The van der Waals surface area contributed by atoms with Gasteiger partial charge in [0, 0.05) is 5.75 Å². The lowest BCUT2D eigenvalue weighted by Crippen LogP contribution is -2.21. The minimum Gasteiger partial charge on any atom is -0.268 e. The highest BCUT2D eigenvalue weighted by atomic mass is 32.2. The fraction of sp³-hybridized carbons (Fsp3) is 0.182. The third kappa shape index (κ3) is 3.27. The molecule has 1 fully saturated rings. The number of fused-ring (bicyclic) bond motifs is 1. The highest BCUT2D eigenvalue weighted by Gasteiger charge is 2.29. The molecule has 0 N–H and O–H groups in total. The summed E-state index contributed by atoms with van der Waals surface area (Å²) in [6.07, 6.45) is 2.29. The molecule has 2 heterocycles. The van der Waals surface area contributed by atoms with E-state index in [1.54, 1.807) is 22.0 Å². The van der Waals surface area contributed by atoms with E-state index in [0.29, 0.717) is 16.8 Å². The Morgan fingerprint density at radius 2 is 1.96 bits per heavy atom. The molecule has 28 heavy (non-hydrogen) atoms. The Labute approximate surface area is 169 Å². The van der Waals surface area contributed by atoms with Crippen LogP contribution in [0.15, 0.2) is 69.9 Å². The SMILES string of the molecule is O=c1c2c(C3CC3)csc2nc(SCc2cccc(F)c2)n1-c1ccccc1. The summed E-state index contributed by atoms with van der Waals surface area (Å²) in [6.45, 7) is 0. The average Bonchev–Trinajstić information content (AvgIpc) is 3.46. The van der Waals surface area contributed by atoms with Crippen molar-refractivity contribution in [1.29, 1.82) is 0 Å². The van der Waals surface area contributed by atoms with Crippen molar-refractivity contribution < 1.29 is 4.39 Å². The molecule has 0 saturated heterocycles. The predicted molar refractivity (Wildman–Crippen MR) is 113 cm³/mol. The Hall–Kier alpha value is -2.44. The zero-order valence-corrected chi connectivity index (χ0v) is 16.6. The zero-order chi connectivity index (χ0) is 19.1. The molecule has 3 nitrogen and oxygen atoms in total. The summed E-state index contributed by atoms with van der Waals surface area (Å²) in [4.78, 5) is 19.1. The maximum Gasteiger partial charge on any atom is 0.267 e. The molecule has 6 heteroatoms. The largest absolute Gasteiger partial charge is 0.268 e. The number of thiophene rings is 1. The zero-order valence-electron chi connectivity index (χ0n) is 15.0. The maximum absolute atomic E-state index is 13.5. The van der Waals surface area contributed by atoms with Gasteiger partial charge in [0.05, 0.1) is 11.1 Å². The summed E-state index contributed by atoms with van der Waals surface area (Å²) in [5.74, 6) is 0.788. The molecule has 0 radical (unpaired) electrons. The van der Waals surface area contributed by atoms with Crippen LogP contribution in [0.25, 0.3) is 15.9 Å². The molecule has 1 saturated carbocycles. The number of aromatic nitrogens is 2. The molecule has 140 valence electrons. The molecule has 0 atom stereocenters. The molecule has 0 aliphatic heterocycles. The van der Waals surface area contributed by atoms with E-state index in [9.17, 15) is 9.18 Å². The van der Waals surface area contributed by atoms with Gasteiger partial charge in [0.15, 0.2) is 5.16 Å². The van der Waals surface area contributed by atoms with Gasteiger partial charge in [0.1, 0.15) is 10.6 Å². The van der Waals surface area contributed by atoms with E-state index in [4.69, 9.17) is 4.98 Å². The molecule has 2 aromatic heterocycles. The quantitative estimate of drug-likeness (QED) is 0.311. The van der Waals surface area contributed by atoms with Crippen LogP contribution in [0.1, 0.15) is 29.9 Å². The summed E-state index contributed by atoms with van der Waals surface area (Å²) in [5.41, 5.74) is 2.80. The highest BCUT2D eigenvalue weighted by molar-refractivity contribution is 7.98. The number of hydrogen-bond acceptors (Lipinski definition) is 4. The van der Waals surface area contributed by atoms with Crippen LogP contribution in [0.3, 0.4) is 0 Å². The van der Waals surface area contributed by atoms with Gasteiger partial charge in [-0.2, -0.15) is 0 Å². The average molecular weight is 409 g/mol. The first-order valence-corrected chi connectivity index (χ1v) is 11.0. The summed E-state index contributed by atoms with van der Waals surface area (Å²) < 4.78 is 15.2. The molecule has 1 aliphatic carbocycles. The van der Waals surface area contributed by atoms with Crippen LogP contribution in [-0.4, -0.2) is 9.55 Å². The van der Waals surface area contributed by atoms with Crippen molar-refractivity contribution in [3.63, 3.8) is 0 Å². The summed E-state index contributed by atoms with van der Waals surface area (Å²) in [5, 5.41) is 3.48. The lowest BCUT2D eigenvalue weighted by molar-refractivity contribution is 0.626. The van der Waals surface area contributed by atoms with E-state index in [-0.39, 0.29) is 11.4 Å². The Balaban J connectivity index is 1.63. The second kappa shape index (κ2) is 7.18. The van der Waals surface area contributed by atoms with Gasteiger partial charge in [0.2, 0.25) is 0 Å². The molecule has 0 bridgehead atoms. The normalized spacial score (nSPS) is 13.9. The number of para-hydroxylation sites is 1. The highest BCUT2D eigenvalue weighted by Crippen LogP contribution is 2.44. The van der Waals surface area contributed by atoms with Gasteiger partial charge >= 0.3 is 0 Å². The fourth-order valence-corrected chi connectivity index (χ4v) is 5.38. The molecule has 5 rings (SSSR count).